The van der Waals surface area contributed by atoms with Gasteiger partial charge in [-0.1, -0.05) is 11.6 Å². The molecule has 0 aliphatic carbocycles. The van der Waals surface area contributed by atoms with Gasteiger partial charge >= 0.3 is 0 Å². The Labute approximate surface area is 178 Å². The molecule has 1 N–H and O–H groups in total. The highest BCUT2D eigenvalue weighted by molar-refractivity contribution is 7.91. The van der Waals surface area contributed by atoms with Gasteiger partial charge in [0.05, 0.1) is 23.5 Å². The summed E-state index contributed by atoms with van der Waals surface area (Å²) >= 11 is 7.10. The topological polar surface area (TPSA) is 85.4 Å². The normalized spacial score (nSPS) is 11.2. The van der Waals surface area contributed by atoms with Crippen LogP contribution in [0.4, 0.5) is 5.13 Å². The van der Waals surface area contributed by atoms with E-state index < -0.39 is 9.84 Å². The Morgan fingerprint density at radius 3 is 2.48 bits per heavy atom. The molecule has 3 rings (SSSR count). The fourth-order valence-corrected chi connectivity index (χ4v) is 4.76. The standard InChI is InChI=1S/C20H19ClN2O4S2/c1-27-16-8-4-14(5-9-16)18-13-28-20(22-18)23-19(24)3-2-12-29(25,26)17-10-6-15(21)7-11-17/h4-11,13H,2-3,12H2,1H3,(H,22,23,24). The Kier molecular flexibility index (Phi) is 6.89. The number of sulfone groups is 1. The number of halogens is 1. The van der Waals surface area contributed by atoms with Crippen LogP contribution in [0.15, 0.2) is 58.8 Å². The molecule has 9 heteroatoms. The Bertz CT molecular complexity index is 1080. The van der Waals surface area contributed by atoms with Crippen molar-refractivity contribution < 1.29 is 17.9 Å². The molecule has 0 aliphatic heterocycles. The number of nitrogens with zero attached hydrogens (tertiary/aromatic N) is 1. The number of hydrogen-bond acceptors (Lipinski definition) is 6. The molecular formula is C20H19ClN2O4S2. The number of aromatic nitrogens is 1. The van der Waals surface area contributed by atoms with E-state index in [-0.39, 0.29) is 29.4 Å². The summed E-state index contributed by atoms with van der Waals surface area (Å²) in [6.07, 6.45) is 0.303. The smallest absolute Gasteiger partial charge is 0.226 e. The molecule has 0 fully saturated rings. The van der Waals surface area contributed by atoms with E-state index in [2.05, 4.69) is 10.3 Å². The number of anilines is 1. The van der Waals surface area contributed by atoms with Crippen molar-refractivity contribution in [3.8, 4) is 17.0 Å². The Hall–Kier alpha value is -2.42. The third kappa shape index (κ3) is 5.79. The van der Waals surface area contributed by atoms with Crippen molar-refractivity contribution in [1.82, 2.24) is 4.98 Å². The third-order valence-electron chi connectivity index (χ3n) is 4.13. The Morgan fingerprint density at radius 2 is 1.83 bits per heavy atom. The minimum atomic E-state index is -3.45. The molecule has 1 aromatic heterocycles. The average Bonchev–Trinajstić information content (AvgIpc) is 3.16. The first-order valence-electron chi connectivity index (χ1n) is 8.75. The molecule has 0 bridgehead atoms. The van der Waals surface area contributed by atoms with Gasteiger partial charge < -0.3 is 10.1 Å². The van der Waals surface area contributed by atoms with E-state index in [1.165, 1.54) is 35.6 Å². The van der Waals surface area contributed by atoms with Crippen molar-refractivity contribution in [2.45, 2.75) is 17.7 Å². The molecule has 0 spiro atoms. The van der Waals surface area contributed by atoms with E-state index >= 15 is 0 Å². The number of nitrogens with one attached hydrogen (secondary N) is 1. The van der Waals surface area contributed by atoms with Crippen LogP contribution in [-0.4, -0.2) is 32.2 Å². The molecule has 6 nitrogen and oxygen atoms in total. The van der Waals surface area contributed by atoms with Crippen LogP contribution in [0.2, 0.25) is 5.02 Å². The van der Waals surface area contributed by atoms with E-state index in [4.69, 9.17) is 16.3 Å². The molecule has 2 aromatic carbocycles. The van der Waals surface area contributed by atoms with Gasteiger partial charge in [-0.2, -0.15) is 0 Å². The molecule has 0 radical (unpaired) electrons. The van der Waals surface area contributed by atoms with Crippen LogP contribution in [0.5, 0.6) is 5.75 Å². The molecule has 1 heterocycles. The van der Waals surface area contributed by atoms with Gasteiger partial charge in [0.15, 0.2) is 15.0 Å². The highest BCUT2D eigenvalue weighted by Crippen LogP contribution is 2.26. The summed E-state index contributed by atoms with van der Waals surface area (Å²) in [5.74, 6) is 0.370. The number of hydrogen-bond donors (Lipinski definition) is 1. The summed E-state index contributed by atoms with van der Waals surface area (Å²) in [6, 6.07) is 13.5. The molecule has 0 saturated carbocycles. The molecule has 0 atom stereocenters. The Balaban J connectivity index is 1.52. The number of amides is 1. The number of methoxy groups -OCH3 is 1. The number of ether oxygens (including phenoxy) is 1. The fourth-order valence-electron chi connectivity index (χ4n) is 2.59. The first kappa shape index (κ1) is 21.3. The van der Waals surface area contributed by atoms with Gasteiger partial charge in [-0.3, -0.25) is 4.79 Å². The van der Waals surface area contributed by atoms with Crippen LogP contribution in [0.3, 0.4) is 0 Å². The maximum absolute atomic E-state index is 12.3. The van der Waals surface area contributed by atoms with Gasteiger partial charge in [-0.25, -0.2) is 13.4 Å². The van der Waals surface area contributed by atoms with Crippen molar-refractivity contribution >= 4 is 43.8 Å². The molecule has 3 aromatic rings. The highest BCUT2D eigenvalue weighted by atomic mass is 35.5. The lowest BCUT2D eigenvalue weighted by molar-refractivity contribution is -0.116. The van der Waals surface area contributed by atoms with Crippen molar-refractivity contribution in [1.29, 1.82) is 0 Å². The summed E-state index contributed by atoms with van der Waals surface area (Å²) < 4.78 is 29.7. The second-order valence-corrected chi connectivity index (χ2v) is 9.59. The largest absolute Gasteiger partial charge is 0.497 e. The van der Waals surface area contributed by atoms with Crippen LogP contribution in [0.25, 0.3) is 11.3 Å². The predicted molar refractivity (Wildman–Crippen MR) is 115 cm³/mol. The lowest BCUT2D eigenvalue weighted by atomic mass is 10.2. The van der Waals surface area contributed by atoms with E-state index in [9.17, 15) is 13.2 Å². The maximum atomic E-state index is 12.3. The van der Waals surface area contributed by atoms with E-state index in [1.54, 1.807) is 7.11 Å². The third-order valence-corrected chi connectivity index (χ3v) is 6.95. The van der Waals surface area contributed by atoms with Crippen LogP contribution in [0.1, 0.15) is 12.8 Å². The minimum Gasteiger partial charge on any atom is -0.497 e. The predicted octanol–water partition coefficient (Wildman–Crippen LogP) is 4.66. The lowest BCUT2D eigenvalue weighted by Gasteiger charge is -2.05. The van der Waals surface area contributed by atoms with Gasteiger partial charge in [0, 0.05) is 22.4 Å². The van der Waals surface area contributed by atoms with Gasteiger partial charge in [-0.05, 0) is 55.0 Å². The molecular weight excluding hydrogens is 432 g/mol. The van der Waals surface area contributed by atoms with Crippen molar-refractivity contribution in [3.63, 3.8) is 0 Å². The van der Waals surface area contributed by atoms with Crippen molar-refractivity contribution in [3.05, 3.63) is 58.9 Å². The summed E-state index contributed by atoms with van der Waals surface area (Å²) in [5.41, 5.74) is 1.66. The number of thiazole rings is 1. The molecule has 0 aliphatic rings. The quantitative estimate of drug-likeness (QED) is 0.539. The number of carbonyl (C=O) groups is 1. The number of benzene rings is 2. The van der Waals surface area contributed by atoms with Crippen LogP contribution >= 0.6 is 22.9 Å². The van der Waals surface area contributed by atoms with Crippen LogP contribution in [-0.2, 0) is 14.6 Å². The zero-order valence-electron chi connectivity index (χ0n) is 15.6. The van der Waals surface area contributed by atoms with E-state index in [0.717, 1.165) is 17.0 Å². The van der Waals surface area contributed by atoms with Gasteiger partial charge in [0.2, 0.25) is 5.91 Å². The molecule has 29 heavy (non-hydrogen) atoms. The number of carbonyl (C=O) groups excluding carboxylic acids is 1. The highest BCUT2D eigenvalue weighted by Gasteiger charge is 2.15. The zero-order chi connectivity index (χ0) is 20.9. The minimum absolute atomic E-state index is 0.0876. The first-order chi connectivity index (χ1) is 13.9. The number of rotatable bonds is 8. The second kappa shape index (κ2) is 9.39. The molecule has 0 saturated heterocycles. The fraction of sp³-hybridized carbons (Fsp3) is 0.200. The summed E-state index contributed by atoms with van der Waals surface area (Å²) in [6.45, 7) is 0. The van der Waals surface area contributed by atoms with Crippen LogP contribution < -0.4 is 10.1 Å². The first-order valence-corrected chi connectivity index (χ1v) is 11.7. The van der Waals surface area contributed by atoms with Gasteiger partial charge in [0.1, 0.15) is 5.75 Å². The SMILES string of the molecule is COc1ccc(-c2csc(NC(=O)CCCS(=O)(=O)c3ccc(Cl)cc3)n2)cc1. The van der Waals surface area contributed by atoms with Crippen LogP contribution in [0, 0.1) is 0 Å². The maximum Gasteiger partial charge on any atom is 0.226 e. The van der Waals surface area contributed by atoms with E-state index in [1.807, 2.05) is 29.6 Å². The molecule has 1 amide bonds. The Morgan fingerprint density at radius 1 is 1.14 bits per heavy atom. The molecule has 152 valence electrons. The van der Waals surface area contributed by atoms with E-state index in [0.29, 0.717) is 10.2 Å². The zero-order valence-corrected chi connectivity index (χ0v) is 18.0. The summed E-state index contributed by atoms with van der Waals surface area (Å²) in [4.78, 5) is 16.7. The van der Waals surface area contributed by atoms with Crippen molar-refractivity contribution in [2.75, 3.05) is 18.2 Å². The van der Waals surface area contributed by atoms with Crippen molar-refractivity contribution in [2.24, 2.45) is 0 Å². The van der Waals surface area contributed by atoms with Gasteiger partial charge in [0.25, 0.3) is 0 Å². The summed E-state index contributed by atoms with van der Waals surface area (Å²) in [7, 11) is -1.84. The summed E-state index contributed by atoms with van der Waals surface area (Å²) in [5, 5.41) is 5.52. The lowest BCUT2D eigenvalue weighted by Crippen LogP contribution is -2.14. The average molecular weight is 451 g/mol. The second-order valence-electron chi connectivity index (χ2n) is 6.19. The molecule has 0 unspecified atom stereocenters. The van der Waals surface area contributed by atoms with Gasteiger partial charge in [-0.15, -0.1) is 11.3 Å². The monoisotopic (exact) mass is 450 g/mol.